The van der Waals surface area contributed by atoms with E-state index in [0.29, 0.717) is 59.7 Å². The number of amides is 1. The molecule has 5 heterocycles. The highest BCUT2D eigenvalue weighted by Gasteiger charge is 2.25. The van der Waals surface area contributed by atoms with Crippen LogP contribution in [0.4, 0.5) is 22.1 Å². The molecule has 11 heteroatoms. The predicted octanol–water partition coefficient (Wildman–Crippen LogP) is 2.46. The van der Waals surface area contributed by atoms with Gasteiger partial charge in [-0.25, -0.2) is 19.7 Å². The summed E-state index contributed by atoms with van der Waals surface area (Å²) in [6.07, 6.45) is 2.93. The maximum atomic E-state index is 12.2. The van der Waals surface area contributed by atoms with Crippen LogP contribution in [0.15, 0.2) is 24.5 Å². The van der Waals surface area contributed by atoms with Crippen molar-refractivity contribution in [2.24, 2.45) is 0 Å². The van der Waals surface area contributed by atoms with Gasteiger partial charge in [0.15, 0.2) is 0 Å². The lowest BCUT2D eigenvalue weighted by Crippen LogP contribution is -2.23. The maximum absolute atomic E-state index is 12.2. The standard InChI is InChI=1S/C21H22N6O4S/c1-11-14(8-25-20-18(11)23-3-4-30-20)16-6-12-7-17(24-9-15(12)19(22)26-16)27-21(28)31-13-2-5-32(29)10-13/h6-9,13,23H,2-5,10H2,1H3,(H2,22,26)(H,24,27,28). The molecule has 0 aliphatic carbocycles. The lowest BCUT2D eigenvalue weighted by molar-refractivity contribution is 0.124. The van der Waals surface area contributed by atoms with E-state index in [9.17, 15) is 9.00 Å². The summed E-state index contributed by atoms with van der Waals surface area (Å²) in [5.41, 5.74) is 9.50. The Bertz CT molecular complexity index is 1250. The number of pyridine rings is 3. The van der Waals surface area contributed by atoms with E-state index in [-0.39, 0.29) is 6.10 Å². The van der Waals surface area contributed by atoms with Gasteiger partial charge in [-0.3, -0.25) is 9.53 Å². The van der Waals surface area contributed by atoms with Gasteiger partial charge in [0.05, 0.1) is 11.4 Å². The number of aromatic nitrogens is 3. The molecule has 1 amide bonds. The average Bonchev–Trinajstić information content (AvgIpc) is 3.18. The maximum Gasteiger partial charge on any atom is 0.413 e. The molecule has 2 aliphatic heterocycles. The van der Waals surface area contributed by atoms with E-state index < -0.39 is 16.9 Å². The molecule has 10 nitrogen and oxygen atoms in total. The van der Waals surface area contributed by atoms with Gasteiger partial charge in [-0.05, 0) is 36.4 Å². The minimum Gasteiger partial charge on any atom is -0.474 e. The summed E-state index contributed by atoms with van der Waals surface area (Å²) in [7, 11) is -0.920. The highest BCUT2D eigenvalue weighted by Crippen LogP contribution is 2.36. The van der Waals surface area contributed by atoms with Crippen LogP contribution in [0.5, 0.6) is 5.88 Å². The van der Waals surface area contributed by atoms with Gasteiger partial charge >= 0.3 is 6.09 Å². The van der Waals surface area contributed by atoms with Crippen LogP contribution in [-0.2, 0) is 15.5 Å². The lowest BCUT2D eigenvalue weighted by Gasteiger charge is -2.21. The topological polar surface area (TPSA) is 141 Å². The fraction of sp³-hybridized carbons (Fsp3) is 0.333. The summed E-state index contributed by atoms with van der Waals surface area (Å²) >= 11 is 0. The normalized spacial score (nSPS) is 19.7. The van der Waals surface area contributed by atoms with Crippen molar-refractivity contribution in [2.45, 2.75) is 19.4 Å². The molecule has 2 atom stereocenters. The smallest absolute Gasteiger partial charge is 0.413 e. The quantitative estimate of drug-likeness (QED) is 0.544. The molecule has 0 bridgehead atoms. The number of nitrogens with two attached hydrogens (primary N) is 1. The van der Waals surface area contributed by atoms with E-state index in [2.05, 4.69) is 25.6 Å². The number of fused-ring (bicyclic) bond motifs is 2. The molecule has 3 aromatic rings. The van der Waals surface area contributed by atoms with Crippen LogP contribution in [-0.4, -0.2) is 56.0 Å². The molecule has 2 unspecified atom stereocenters. The van der Waals surface area contributed by atoms with Crippen molar-refractivity contribution in [3.63, 3.8) is 0 Å². The molecular formula is C21H22N6O4S. The first-order chi connectivity index (χ1) is 15.5. The van der Waals surface area contributed by atoms with Gasteiger partial charge in [0.2, 0.25) is 5.88 Å². The Morgan fingerprint density at radius 2 is 2.22 bits per heavy atom. The molecule has 4 N–H and O–H groups in total. The zero-order valence-corrected chi connectivity index (χ0v) is 18.2. The van der Waals surface area contributed by atoms with Crippen molar-refractivity contribution < 1.29 is 18.5 Å². The second kappa shape index (κ2) is 8.23. The number of anilines is 3. The summed E-state index contributed by atoms with van der Waals surface area (Å²) in [4.78, 5) is 25.4. The van der Waals surface area contributed by atoms with Gasteiger partial charge in [-0.2, -0.15) is 0 Å². The minimum atomic E-state index is -0.920. The third kappa shape index (κ3) is 3.91. The minimum absolute atomic E-state index is 0.327. The van der Waals surface area contributed by atoms with Crippen LogP contribution in [0.1, 0.15) is 12.0 Å². The van der Waals surface area contributed by atoms with Gasteiger partial charge in [-0.1, -0.05) is 0 Å². The van der Waals surface area contributed by atoms with Crippen LogP contribution in [0.25, 0.3) is 22.0 Å². The molecule has 0 radical (unpaired) electrons. The summed E-state index contributed by atoms with van der Waals surface area (Å²) in [5, 5.41) is 7.39. The Hall–Kier alpha value is -3.47. The monoisotopic (exact) mass is 454 g/mol. The number of rotatable bonds is 3. The van der Waals surface area contributed by atoms with Gasteiger partial charge in [-0.15, -0.1) is 0 Å². The van der Waals surface area contributed by atoms with Crippen LogP contribution in [0.3, 0.4) is 0 Å². The van der Waals surface area contributed by atoms with E-state index >= 15 is 0 Å². The SMILES string of the molecule is Cc1c(-c2cc3cc(NC(=O)OC4CCS(=O)C4)ncc3c(N)n2)cnc2c1NCCO2. The van der Waals surface area contributed by atoms with Gasteiger partial charge in [0.25, 0.3) is 0 Å². The van der Waals surface area contributed by atoms with Crippen molar-refractivity contribution in [2.75, 3.05) is 41.0 Å². The Morgan fingerprint density at radius 3 is 3.03 bits per heavy atom. The predicted molar refractivity (Wildman–Crippen MR) is 122 cm³/mol. The average molecular weight is 455 g/mol. The van der Waals surface area contributed by atoms with Crippen LogP contribution < -0.4 is 21.1 Å². The molecule has 166 valence electrons. The molecular weight excluding hydrogens is 432 g/mol. The highest BCUT2D eigenvalue weighted by molar-refractivity contribution is 7.85. The summed E-state index contributed by atoms with van der Waals surface area (Å²) in [5.74, 6) is 2.16. The molecule has 0 spiro atoms. The van der Waals surface area contributed by atoms with E-state index in [4.69, 9.17) is 15.2 Å². The zero-order valence-electron chi connectivity index (χ0n) is 17.4. The number of hydrogen-bond donors (Lipinski definition) is 3. The highest BCUT2D eigenvalue weighted by atomic mass is 32.2. The first kappa shape index (κ1) is 20.4. The van der Waals surface area contributed by atoms with E-state index in [1.54, 1.807) is 18.5 Å². The number of hydrogen-bond acceptors (Lipinski definition) is 9. The van der Waals surface area contributed by atoms with E-state index in [1.807, 2.05) is 13.0 Å². The zero-order chi connectivity index (χ0) is 22.2. The van der Waals surface area contributed by atoms with Crippen molar-refractivity contribution in [3.8, 4) is 17.1 Å². The summed E-state index contributed by atoms with van der Waals surface area (Å²) < 4.78 is 22.4. The molecule has 1 saturated heterocycles. The fourth-order valence-electron chi connectivity index (χ4n) is 3.87. The number of nitrogens with zero attached hydrogens (tertiary/aromatic N) is 3. The Balaban J connectivity index is 1.44. The Kier molecular flexibility index (Phi) is 5.25. The largest absolute Gasteiger partial charge is 0.474 e. The molecule has 3 aromatic heterocycles. The summed E-state index contributed by atoms with van der Waals surface area (Å²) in [6, 6.07) is 3.59. The van der Waals surface area contributed by atoms with Gasteiger partial charge in [0.1, 0.15) is 30.0 Å². The number of carbonyl (C=O) groups is 1. The van der Waals surface area contributed by atoms with Gasteiger partial charge < -0.3 is 20.5 Å². The Morgan fingerprint density at radius 1 is 1.34 bits per heavy atom. The number of nitrogen functional groups attached to an aromatic ring is 1. The van der Waals surface area contributed by atoms with Crippen molar-refractivity contribution in [1.29, 1.82) is 0 Å². The number of ether oxygens (including phenoxy) is 2. The van der Waals surface area contributed by atoms with Gasteiger partial charge in [0, 0.05) is 46.4 Å². The second-order valence-electron chi connectivity index (χ2n) is 7.69. The fourth-order valence-corrected chi connectivity index (χ4v) is 5.22. The Labute approximate surface area is 186 Å². The molecule has 0 saturated carbocycles. The summed E-state index contributed by atoms with van der Waals surface area (Å²) in [6.45, 7) is 3.26. The third-order valence-electron chi connectivity index (χ3n) is 5.51. The molecule has 2 aliphatic rings. The van der Waals surface area contributed by atoms with E-state index in [0.717, 1.165) is 22.2 Å². The van der Waals surface area contributed by atoms with Crippen LogP contribution in [0, 0.1) is 6.92 Å². The van der Waals surface area contributed by atoms with Crippen LogP contribution >= 0.6 is 0 Å². The lowest BCUT2D eigenvalue weighted by atomic mass is 10.0. The van der Waals surface area contributed by atoms with Crippen LogP contribution in [0.2, 0.25) is 0 Å². The third-order valence-corrected chi connectivity index (χ3v) is 6.95. The van der Waals surface area contributed by atoms with Crippen molar-refractivity contribution >= 4 is 45.0 Å². The molecule has 32 heavy (non-hydrogen) atoms. The molecule has 1 fully saturated rings. The first-order valence-electron chi connectivity index (χ1n) is 10.2. The number of carbonyl (C=O) groups excluding carboxylic acids is 1. The van der Waals surface area contributed by atoms with Crippen molar-refractivity contribution in [1.82, 2.24) is 15.0 Å². The second-order valence-corrected chi connectivity index (χ2v) is 9.31. The first-order valence-corrected chi connectivity index (χ1v) is 11.7. The van der Waals surface area contributed by atoms with Crippen molar-refractivity contribution in [3.05, 3.63) is 30.1 Å². The molecule has 0 aromatic carbocycles. The number of nitrogens with one attached hydrogen (secondary N) is 2. The molecule has 5 rings (SSSR count). The van der Waals surface area contributed by atoms with E-state index in [1.165, 1.54) is 0 Å².